The summed E-state index contributed by atoms with van der Waals surface area (Å²) in [7, 11) is 1.96. The van der Waals surface area contributed by atoms with Gasteiger partial charge in [-0.2, -0.15) is 0 Å². The molecule has 0 heterocycles. The molecule has 0 aromatic heterocycles. The van der Waals surface area contributed by atoms with E-state index in [1.165, 1.54) is 37.5 Å². The third kappa shape index (κ3) is 1.82. The first-order chi connectivity index (χ1) is 9.69. The Bertz CT molecular complexity index is 514. The molecule has 3 fully saturated rings. The van der Waals surface area contributed by atoms with Crippen molar-refractivity contribution in [2.75, 3.05) is 7.05 Å². The van der Waals surface area contributed by atoms with Crippen molar-refractivity contribution in [3.63, 3.8) is 0 Å². The van der Waals surface area contributed by atoms with E-state index in [1.54, 1.807) is 0 Å². The van der Waals surface area contributed by atoms with Crippen LogP contribution >= 0.6 is 0 Å². The van der Waals surface area contributed by atoms with Gasteiger partial charge in [-0.25, -0.2) is 8.78 Å². The largest absolute Gasteiger partial charge is 0.316 e. The molecule has 0 aliphatic heterocycles. The summed E-state index contributed by atoms with van der Waals surface area (Å²) in [5.41, 5.74) is 0.515. The van der Waals surface area contributed by atoms with Crippen molar-refractivity contribution < 1.29 is 8.78 Å². The van der Waals surface area contributed by atoms with Gasteiger partial charge in [-0.1, -0.05) is 0 Å². The van der Waals surface area contributed by atoms with Crippen molar-refractivity contribution in [2.24, 2.45) is 29.6 Å². The SMILES string of the molecule is CNC(Cc1cc(F)ccc1F)C1C2C3CCC(C3)C21. The second-order valence-electron chi connectivity index (χ2n) is 6.90. The molecule has 5 atom stereocenters. The van der Waals surface area contributed by atoms with E-state index in [0.29, 0.717) is 23.9 Å². The summed E-state index contributed by atoms with van der Waals surface area (Å²) in [6, 6.07) is 4.09. The molecule has 3 saturated carbocycles. The van der Waals surface area contributed by atoms with Gasteiger partial charge >= 0.3 is 0 Å². The fourth-order valence-corrected chi connectivity index (χ4v) is 5.30. The molecular formula is C17H21F2N. The first kappa shape index (κ1) is 12.8. The lowest BCUT2D eigenvalue weighted by molar-refractivity contribution is 0.373. The van der Waals surface area contributed by atoms with Crippen molar-refractivity contribution in [1.82, 2.24) is 5.32 Å². The fourth-order valence-electron chi connectivity index (χ4n) is 5.30. The highest BCUT2D eigenvalue weighted by molar-refractivity contribution is 5.23. The van der Waals surface area contributed by atoms with Crippen LogP contribution in [0.5, 0.6) is 0 Å². The van der Waals surface area contributed by atoms with E-state index in [0.717, 1.165) is 23.7 Å². The third-order valence-electron chi connectivity index (χ3n) is 6.08. The predicted molar refractivity (Wildman–Crippen MR) is 74.2 cm³/mol. The van der Waals surface area contributed by atoms with Crippen LogP contribution in [-0.4, -0.2) is 13.1 Å². The number of benzene rings is 1. The predicted octanol–water partition coefficient (Wildman–Crippen LogP) is 3.39. The van der Waals surface area contributed by atoms with Gasteiger partial charge in [-0.15, -0.1) is 0 Å². The van der Waals surface area contributed by atoms with E-state index in [9.17, 15) is 8.78 Å². The van der Waals surface area contributed by atoms with Crippen LogP contribution in [0.15, 0.2) is 18.2 Å². The molecule has 1 aromatic rings. The Morgan fingerprint density at radius 2 is 1.90 bits per heavy atom. The normalized spacial score (nSPS) is 38.9. The van der Waals surface area contributed by atoms with Crippen LogP contribution in [0.3, 0.4) is 0 Å². The number of nitrogens with one attached hydrogen (secondary N) is 1. The Morgan fingerprint density at radius 3 is 2.55 bits per heavy atom. The number of hydrogen-bond donors (Lipinski definition) is 1. The van der Waals surface area contributed by atoms with E-state index in [2.05, 4.69) is 5.32 Å². The second kappa shape index (κ2) is 4.52. The molecule has 5 unspecified atom stereocenters. The maximum atomic E-state index is 13.8. The van der Waals surface area contributed by atoms with Crippen LogP contribution < -0.4 is 5.32 Å². The van der Waals surface area contributed by atoms with Crippen LogP contribution in [0.4, 0.5) is 8.78 Å². The Balaban J connectivity index is 1.51. The number of halogens is 2. The maximum Gasteiger partial charge on any atom is 0.126 e. The van der Waals surface area contributed by atoms with Gasteiger partial charge in [-0.3, -0.25) is 0 Å². The lowest BCUT2D eigenvalue weighted by Crippen LogP contribution is -2.32. The van der Waals surface area contributed by atoms with Crippen LogP contribution in [0.1, 0.15) is 24.8 Å². The van der Waals surface area contributed by atoms with Crippen molar-refractivity contribution >= 4 is 0 Å². The molecule has 0 saturated heterocycles. The molecule has 1 aromatic carbocycles. The third-order valence-corrected chi connectivity index (χ3v) is 6.08. The molecule has 3 aliphatic rings. The molecule has 4 rings (SSSR count). The second-order valence-corrected chi connectivity index (χ2v) is 6.90. The molecule has 3 aliphatic carbocycles. The summed E-state index contributed by atoms with van der Waals surface area (Å²) in [5, 5.41) is 3.37. The number of fused-ring (bicyclic) bond motifs is 5. The lowest BCUT2D eigenvalue weighted by Gasteiger charge is -2.20. The molecule has 0 amide bonds. The smallest absolute Gasteiger partial charge is 0.126 e. The van der Waals surface area contributed by atoms with Crippen molar-refractivity contribution in [3.05, 3.63) is 35.4 Å². The topological polar surface area (TPSA) is 12.0 Å². The average Bonchev–Trinajstić information content (AvgIpc) is 2.87. The summed E-state index contributed by atoms with van der Waals surface area (Å²) >= 11 is 0. The Morgan fingerprint density at radius 1 is 1.20 bits per heavy atom. The molecule has 3 heteroatoms. The quantitative estimate of drug-likeness (QED) is 0.889. The Labute approximate surface area is 118 Å². The van der Waals surface area contributed by atoms with E-state index in [4.69, 9.17) is 0 Å². The highest BCUT2D eigenvalue weighted by Crippen LogP contribution is 2.70. The highest BCUT2D eigenvalue weighted by Gasteiger charge is 2.66. The summed E-state index contributed by atoms with van der Waals surface area (Å²) in [5.74, 6) is 3.64. The fraction of sp³-hybridized carbons (Fsp3) is 0.647. The Kier molecular flexibility index (Phi) is 2.88. The molecule has 2 bridgehead atoms. The minimum absolute atomic E-state index is 0.277. The van der Waals surface area contributed by atoms with Gasteiger partial charge in [0.25, 0.3) is 0 Å². The summed E-state index contributed by atoms with van der Waals surface area (Å²) < 4.78 is 27.1. The molecular weight excluding hydrogens is 256 g/mol. The first-order valence-electron chi connectivity index (χ1n) is 7.80. The van der Waals surface area contributed by atoms with Crippen molar-refractivity contribution in [1.29, 1.82) is 0 Å². The van der Waals surface area contributed by atoms with Gasteiger partial charge in [0.2, 0.25) is 0 Å². The highest BCUT2D eigenvalue weighted by atomic mass is 19.1. The molecule has 0 radical (unpaired) electrons. The van der Waals surface area contributed by atoms with Crippen LogP contribution in [0.25, 0.3) is 0 Å². The summed E-state index contributed by atoms with van der Waals surface area (Å²) in [4.78, 5) is 0. The monoisotopic (exact) mass is 277 g/mol. The average molecular weight is 277 g/mol. The maximum absolute atomic E-state index is 13.8. The van der Waals surface area contributed by atoms with Gasteiger partial charge in [-0.05, 0) is 86.1 Å². The summed E-state index contributed by atoms with van der Waals surface area (Å²) in [6.07, 6.45) is 4.83. The zero-order valence-corrected chi connectivity index (χ0v) is 11.8. The first-order valence-corrected chi connectivity index (χ1v) is 7.80. The molecule has 20 heavy (non-hydrogen) atoms. The van der Waals surface area contributed by atoms with Crippen molar-refractivity contribution in [2.45, 2.75) is 31.7 Å². The standard InChI is InChI=1S/C17H21F2N/c1-20-14(8-11-7-12(18)4-5-13(11)19)17-15-9-2-3-10(6-9)16(15)17/h4-5,7,9-10,14-17,20H,2-3,6,8H2,1H3. The van der Waals surface area contributed by atoms with Gasteiger partial charge in [0, 0.05) is 6.04 Å². The van der Waals surface area contributed by atoms with E-state index >= 15 is 0 Å². The van der Waals surface area contributed by atoms with Crippen molar-refractivity contribution in [3.8, 4) is 0 Å². The minimum atomic E-state index is -0.340. The van der Waals surface area contributed by atoms with E-state index in [1.807, 2.05) is 7.05 Å². The lowest BCUT2D eigenvalue weighted by atomic mass is 9.93. The Hall–Kier alpha value is -0.960. The minimum Gasteiger partial charge on any atom is -0.316 e. The molecule has 1 nitrogen and oxygen atoms in total. The zero-order valence-electron chi connectivity index (χ0n) is 11.8. The van der Waals surface area contributed by atoms with Gasteiger partial charge < -0.3 is 5.32 Å². The number of likely N-dealkylation sites (N-methyl/N-ethyl adjacent to an activating group) is 1. The summed E-state index contributed by atoms with van der Waals surface area (Å²) in [6.45, 7) is 0. The molecule has 108 valence electrons. The number of rotatable bonds is 4. The van der Waals surface area contributed by atoms with Gasteiger partial charge in [0.15, 0.2) is 0 Å². The van der Waals surface area contributed by atoms with E-state index in [-0.39, 0.29) is 11.6 Å². The number of hydrogen-bond acceptors (Lipinski definition) is 1. The zero-order chi connectivity index (χ0) is 13.9. The van der Waals surface area contributed by atoms with Gasteiger partial charge in [0.1, 0.15) is 11.6 Å². The van der Waals surface area contributed by atoms with Gasteiger partial charge in [0.05, 0.1) is 0 Å². The van der Waals surface area contributed by atoms with Crippen LogP contribution in [0.2, 0.25) is 0 Å². The molecule has 1 N–H and O–H groups in total. The van der Waals surface area contributed by atoms with E-state index < -0.39 is 0 Å². The molecule has 0 spiro atoms. The van der Waals surface area contributed by atoms with Crippen LogP contribution in [-0.2, 0) is 6.42 Å². The van der Waals surface area contributed by atoms with Crippen LogP contribution in [0, 0.1) is 41.2 Å².